The van der Waals surface area contributed by atoms with Crippen molar-refractivity contribution in [3.8, 4) is 11.5 Å². The molecule has 0 radical (unpaired) electrons. The smallest absolute Gasteiger partial charge is 0.166 e. The van der Waals surface area contributed by atoms with E-state index in [1.807, 2.05) is 12.1 Å². The molecule has 26 heavy (non-hydrogen) atoms. The summed E-state index contributed by atoms with van der Waals surface area (Å²) < 4.78 is 11.7. The summed E-state index contributed by atoms with van der Waals surface area (Å²) in [5.74, 6) is 2.23. The molecule has 2 aromatic carbocycles. The quantitative estimate of drug-likeness (QED) is 0.804. The van der Waals surface area contributed by atoms with Gasteiger partial charge < -0.3 is 14.8 Å². The maximum Gasteiger partial charge on any atom is 0.166 e. The molecule has 4 rings (SSSR count). The highest BCUT2D eigenvalue weighted by Gasteiger charge is 2.40. The predicted molar refractivity (Wildman–Crippen MR) is 107 cm³/mol. The summed E-state index contributed by atoms with van der Waals surface area (Å²) in [5.41, 5.74) is 3.62. The van der Waals surface area contributed by atoms with Crippen LogP contribution in [0.25, 0.3) is 0 Å². The first-order valence-corrected chi connectivity index (χ1v) is 9.46. The van der Waals surface area contributed by atoms with E-state index in [0.29, 0.717) is 5.92 Å². The molecule has 1 saturated heterocycles. The molecule has 1 fully saturated rings. The Kier molecular flexibility index (Phi) is 4.59. The second-order valence-corrected chi connectivity index (χ2v) is 7.67. The first-order chi connectivity index (χ1) is 12.6. The molecule has 2 aromatic rings. The van der Waals surface area contributed by atoms with Gasteiger partial charge in [0.05, 0.1) is 18.0 Å². The van der Waals surface area contributed by atoms with Gasteiger partial charge in [-0.2, -0.15) is 0 Å². The van der Waals surface area contributed by atoms with Gasteiger partial charge >= 0.3 is 0 Å². The maximum atomic E-state index is 6.28. The molecule has 2 N–H and O–H groups in total. The fourth-order valence-corrected chi connectivity index (χ4v) is 3.98. The highest BCUT2D eigenvalue weighted by atomic mass is 32.1. The van der Waals surface area contributed by atoms with Crippen molar-refractivity contribution in [2.45, 2.75) is 38.6 Å². The van der Waals surface area contributed by atoms with Crippen LogP contribution < -0.4 is 20.1 Å². The summed E-state index contributed by atoms with van der Waals surface area (Å²) in [6.07, 6.45) is 0.623. The molecule has 0 aromatic heterocycles. The average Bonchev–Trinajstić information content (AvgIpc) is 2.66. The van der Waals surface area contributed by atoms with E-state index in [9.17, 15) is 0 Å². The van der Waals surface area contributed by atoms with Crippen LogP contribution in [0.15, 0.2) is 42.5 Å². The normalized spacial score (nSPS) is 24.3. The molecule has 0 aliphatic carbocycles. The number of methoxy groups -OCH3 is 1. The molecule has 0 spiro atoms. The maximum absolute atomic E-state index is 6.28. The van der Waals surface area contributed by atoms with Gasteiger partial charge in [-0.15, -0.1) is 0 Å². The highest BCUT2D eigenvalue weighted by Crippen LogP contribution is 2.39. The molecular formula is C21H24N2O2S. The molecule has 2 heterocycles. The second-order valence-electron chi connectivity index (χ2n) is 7.23. The van der Waals surface area contributed by atoms with Crippen LogP contribution in [-0.4, -0.2) is 18.3 Å². The zero-order valence-electron chi connectivity index (χ0n) is 15.3. The van der Waals surface area contributed by atoms with E-state index in [1.165, 1.54) is 5.56 Å². The average molecular weight is 369 g/mol. The topological polar surface area (TPSA) is 42.5 Å². The van der Waals surface area contributed by atoms with E-state index in [2.05, 4.69) is 54.8 Å². The fraction of sp³-hybridized carbons (Fsp3) is 0.381. The van der Waals surface area contributed by atoms with Crippen molar-refractivity contribution in [2.75, 3.05) is 7.11 Å². The third kappa shape index (κ3) is 3.06. The molecule has 3 atom stereocenters. The van der Waals surface area contributed by atoms with E-state index < -0.39 is 0 Å². The van der Waals surface area contributed by atoms with Gasteiger partial charge in [0.25, 0.3) is 0 Å². The van der Waals surface area contributed by atoms with Gasteiger partial charge in [-0.05, 0) is 35.1 Å². The largest absolute Gasteiger partial charge is 0.493 e. The van der Waals surface area contributed by atoms with Crippen LogP contribution >= 0.6 is 12.2 Å². The van der Waals surface area contributed by atoms with Crippen molar-refractivity contribution >= 4 is 17.2 Å². The van der Waals surface area contributed by atoms with Crippen LogP contribution in [-0.2, 0) is 6.42 Å². The van der Waals surface area contributed by atoms with Crippen molar-refractivity contribution in [3.63, 3.8) is 0 Å². The summed E-state index contributed by atoms with van der Waals surface area (Å²) in [4.78, 5) is 0.847. The Hall–Kier alpha value is -2.11. The van der Waals surface area contributed by atoms with Crippen LogP contribution in [0.2, 0.25) is 0 Å². The minimum absolute atomic E-state index is 0.0544. The molecule has 0 amide bonds. The Morgan fingerprint density at radius 1 is 1.15 bits per heavy atom. The number of fused-ring (bicyclic) bond motifs is 2. The summed E-state index contributed by atoms with van der Waals surface area (Å²) in [7, 11) is 1.67. The first kappa shape index (κ1) is 17.3. The molecule has 0 bridgehead atoms. The van der Waals surface area contributed by atoms with Crippen LogP contribution in [0.5, 0.6) is 11.5 Å². The Balaban J connectivity index is 1.58. The molecule has 4 nitrogen and oxygen atoms in total. The third-order valence-electron chi connectivity index (χ3n) is 5.22. The molecule has 5 heteroatoms. The second kappa shape index (κ2) is 6.89. The van der Waals surface area contributed by atoms with Crippen molar-refractivity contribution < 1.29 is 9.47 Å². The van der Waals surface area contributed by atoms with Crippen LogP contribution in [0.1, 0.15) is 42.6 Å². The lowest BCUT2D eigenvalue weighted by Crippen LogP contribution is -2.60. The highest BCUT2D eigenvalue weighted by molar-refractivity contribution is 7.80. The van der Waals surface area contributed by atoms with Crippen molar-refractivity contribution in [3.05, 3.63) is 59.2 Å². The van der Waals surface area contributed by atoms with Gasteiger partial charge in [-0.1, -0.05) is 62.5 Å². The zero-order valence-corrected chi connectivity index (χ0v) is 16.1. The van der Waals surface area contributed by atoms with Crippen LogP contribution in [0, 0.1) is 5.92 Å². The summed E-state index contributed by atoms with van der Waals surface area (Å²) in [6.45, 7) is 4.40. The predicted octanol–water partition coefficient (Wildman–Crippen LogP) is 3.91. The SMILES string of the molecule is COc1cccc2c1OC1NC(c3ccc(C(C)C)cc3)NC(=S)C1C2. The number of hydrogen-bond donors (Lipinski definition) is 2. The number of nitrogens with one attached hydrogen (secondary N) is 2. The number of benzene rings is 2. The Morgan fingerprint density at radius 3 is 2.62 bits per heavy atom. The van der Waals surface area contributed by atoms with E-state index >= 15 is 0 Å². The lowest BCUT2D eigenvalue weighted by Gasteiger charge is -2.42. The van der Waals surface area contributed by atoms with E-state index in [4.69, 9.17) is 21.7 Å². The van der Waals surface area contributed by atoms with Gasteiger partial charge in [0, 0.05) is 0 Å². The number of hydrogen-bond acceptors (Lipinski definition) is 4. The van der Waals surface area contributed by atoms with Crippen LogP contribution in [0.4, 0.5) is 0 Å². The minimum atomic E-state index is -0.165. The van der Waals surface area contributed by atoms with Gasteiger partial charge in [0.1, 0.15) is 6.17 Å². The lowest BCUT2D eigenvalue weighted by atomic mass is 9.91. The monoisotopic (exact) mass is 368 g/mol. The van der Waals surface area contributed by atoms with Gasteiger partial charge in [0.2, 0.25) is 0 Å². The third-order valence-corrected chi connectivity index (χ3v) is 5.64. The number of para-hydroxylation sites is 1. The first-order valence-electron chi connectivity index (χ1n) is 9.05. The van der Waals surface area contributed by atoms with E-state index in [-0.39, 0.29) is 18.3 Å². The number of thiocarbonyl (C=S) groups is 1. The molecule has 2 aliphatic rings. The molecule has 0 saturated carbocycles. The standard InChI is InChI=1S/C21H24N2O2S/c1-12(2)13-7-9-14(10-8-13)19-22-20-16(21(26)23-19)11-15-5-4-6-17(24-3)18(15)25-20/h4-10,12,16,19-20,22H,11H2,1-3H3,(H,23,26). The van der Waals surface area contributed by atoms with Crippen LogP contribution in [0.3, 0.4) is 0 Å². The molecular weight excluding hydrogens is 344 g/mol. The van der Waals surface area contributed by atoms with Crippen molar-refractivity contribution in [1.82, 2.24) is 10.6 Å². The van der Waals surface area contributed by atoms with E-state index in [1.54, 1.807) is 7.11 Å². The molecule has 3 unspecified atom stereocenters. The van der Waals surface area contributed by atoms with Crippen molar-refractivity contribution in [2.24, 2.45) is 5.92 Å². The van der Waals surface area contributed by atoms with Crippen molar-refractivity contribution in [1.29, 1.82) is 0 Å². The van der Waals surface area contributed by atoms with Gasteiger partial charge in [-0.25, -0.2) is 0 Å². The number of rotatable bonds is 3. The van der Waals surface area contributed by atoms with E-state index in [0.717, 1.165) is 34.0 Å². The van der Waals surface area contributed by atoms with Gasteiger partial charge in [-0.3, -0.25) is 5.32 Å². The molecule has 136 valence electrons. The Morgan fingerprint density at radius 2 is 1.92 bits per heavy atom. The fourth-order valence-electron chi connectivity index (χ4n) is 3.66. The zero-order chi connectivity index (χ0) is 18.3. The summed E-state index contributed by atoms with van der Waals surface area (Å²) in [6, 6.07) is 14.7. The summed E-state index contributed by atoms with van der Waals surface area (Å²) in [5, 5.41) is 7.02. The summed E-state index contributed by atoms with van der Waals surface area (Å²) >= 11 is 5.68. The minimum Gasteiger partial charge on any atom is -0.493 e. The van der Waals surface area contributed by atoms with Gasteiger partial charge in [0.15, 0.2) is 17.7 Å². The molecule has 2 aliphatic heterocycles. The Labute approximate surface area is 159 Å². The Bertz CT molecular complexity index is 819. The number of ether oxygens (including phenoxy) is 2. The lowest BCUT2D eigenvalue weighted by molar-refractivity contribution is 0.0771.